The molecule has 0 bridgehead atoms. The van der Waals surface area contributed by atoms with Crippen LogP contribution >= 0.6 is 0 Å². The molecule has 7 heteroatoms. The molecule has 2 aromatic carbocycles. The molecule has 7 nitrogen and oxygen atoms in total. The first kappa shape index (κ1) is 21.3. The molecule has 0 saturated carbocycles. The van der Waals surface area contributed by atoms with Gasteiger partial charge in [-0.2, -0.15) is 0 Å². The Balaban J connectivity index is 1.97. The summed E-state index contributed by atoms with van der Waals surface area (Å²) in [6.07, 6.45) is 1.23. The fourth-order valence-electron chi connectivity index (χ4n) is 3.48. The van der Waals surface area contributed by atoms with Crippen LogP contribution in [0.2, 0.25) is 0 Å². The van der Waals surface area contributed by atoms with Crippen LogP contribution in [0.25, 0.3) is 11.1 Å². The SMILES string of the molecule is COc1c(/C(C)=C(\C=O)c2ccc(C(=O)N3CCOCC3)cc2)ccc(O)c1C=O. The van der Waals surface area contributed by atoms with Crippen molar-refractivity contribution in [3.05, 3.63) is 58.7 Å². The van der Waals surface area contributed by atoms with Crippen LogP contribution in [0.5, 0.6) is 11.5 Å². The molecule has 1 amide bonds. The van der Waals surface area contributed by atoms with E-state index in [0.717, 1.165) is 6.29 Å². The first-order valence-electron chi connectivity index (χ1n) is 9.50. The average molecular weight is 409 g/mol. The van der Waals surface area contributed by atoms with Gasteiger partial charge in [-0.1, -0.05) is 12.1 Å². The predicted octanol–water partition coefficient (Wildman–Crippen LogP) is 2.82. The summed E-state index contributed by atoms with van der Waals surface area (Å²) in [7, 11) is 1.39. The molecule has 1 fully saturated rings. The van der Waals surface area contributed by atoms with Crippen LogP contribution in [0.1, 0.15) is 38.8 Å². The lowest BCUT2D eigenvalue weighted by Crippen LogP contribution is -2.40. The summed E-state index contributed by atoms with van der Waals surface area (Å²) in [5.41, 5.74) is 2.68. The number of phenolic OH excluding ortho intramolecular Hbond substituents is 1. The summed E-state index contributed by atoms with van der Waals surface area (Å²) >= 11 is 0. The number of hydrogen-bond acceptors (Lipinski definition) is 6. The number of aldehydes is 2. The van der Waals surface area contributed by atoms with Gasteiger partial charge in [-0.15, -0.1) is 0 Å². The molecule has 0 radical (unpaired) electrons. The van der Waals surface area contributed by atoms with E-state index in [1.807, 2.05) is 0 Å². The van der Waals surface area contributed by atoms with Gasteiger partial charge in [0.15, 0.2) is 12.6 Å². The summed E-state index contributed by atoms with van der Waals surface area (Å²) in [5, 5.41) is 9.89. The third kappa shape index (κ3) is 4.11. The number of carbonyl (C=O) groups excluding carboxylic acids is 3. The third-order valence-corrected chi connectivity index (χ3v) is 5.16. The fraction of sp³-hybridized carbons (Fsp3) is 0.261. The first-order chi connectivity index (χ1) is 14.5. The fourth-order valence-corrected chi connectivity index (χ4v) is 3.48. The molecule has 0 atom stereocenters. The van der Waals surface area contributed by atoms with E-state index in [4.69, 9.17) is 9.47 Å². The van der Waals surface area contributed by atoms with Crippen molar-refractivity contribution in [1.29, 1.82) is 0 Å². The minimum absolute atomic E-state index is 0.0195. The Morgan fingerprint density at radius 2 is 1.70 bits per heavy atom. The topological polar surface area (TPSA) is 93.1 Å². The number of carbonyl (C=O) groups is 3. The molecule has 0 unspecified atom stereocenters. The normalized spacial score (nSPS) is 14.7. The van der Waals surface area contributed by atoms with E-state index in [9.17, 15) is 19.5 Å². The smallest absolute Gasteiger partial charge is 0.254 e. The standard InChI is InChI=1S/C23H23NO6/c1-15(18-7-8-21(27)20(14-26)22(18)29-2)19(13-25)16-3-5-17(6-4-16)23(28)24-9-11-30-12-10-24/h3-8,13-14,27H,9-12H2,1-2H3/b19-15+. The minimum atomic E-state index is -0.197. The second kappa shape index (κ2) is 9.37. The van der Waals surface area contributed by atoms with Crippen molar-refractivity contribution in [2.75, 3.05) is 33.4 Å². The van der Waals surface area contributed by atoms with Crippen molar-refractivity contribution in [3.8, 4) is 11.5 Å². The Kier molecular flexibility index (Phi) is 6.64. The lowest BCUT2D eigenvalue weighted by Gasteiger charge is -2.26. The number of benzene rings is 2. The largest absolute Gasteiger partial charge is 0.507 e. The van der Waals surface area contributed by atoms with Gasteiger partial charge in [-0.25, -0.2) is 0 Å². The predicted molar refractivity (Wildman–Crippen MR) is 112 cm³/mol. The van der Waals surface area contributed by atoms with Gasteiger partial charge in [-0.05, 0) is 42.3 Å². The van der Waals surface area contributed by atoms with E-state index < -0.39 is 0 Å². The number of nitrogens with zero attached hydrogens (tertiary/aromatic N) is 1. The maximum Gasteiger partial charge on any atom is 0.254 e. The highest BCUT2D eigenvalue weighted by molar-refractivity contribution is 6.17. The van der Waals surface area contributed by atoms with Gasteiger partial charge < -0.3 is 19.5 Å². The molecule has 3 rings (SSSR count). The van der Waals surface area contributed by atoms with Crippen molar-refractivity contribution in [2.24, 2.45) is 0 Å². The van der Waals surface area contributed by atoms with Crippen molar-refractivity contribution in [3.63, 3.8) is 0 Å². The molecule has 0 aliphatic carbocycles. The monoisotopic (exact) mass is 409 g/mol. The van der Waals surface area contributed by atoms with Crippen LogP contribution in [0.3, 0.4) is 0 Å². The zero-order valence-electron chi connectivity index (χ0n) is 16.9. The molecule has 156 valence electrons. The zero-order valence-corrected chi connectivity index (χ0v) is 16.9. The molecule has 1 saturated heterocycles. The van der Waals surface area contributed by atoms with Crippen LogP contribution in [-0.2, 0) is 9.53 Å². The Morgan fingerprint density at radius 3 is 2.27 bits per heavy atom. The van der Waals surface area contributed by atoms with E-state index in [-0.39, 0.29) is 23.0 Å². The van der Waals surface area contributed by atoms with Crippen molar-refractivity contribution < 1.29 is 29.0 Å². The van der Waals surface area contributed by atoms with E-state index in [1.165, 1.54) is 13.2 Å². The number of morpholine rings is 1. The molecular weight excluding hydrogens is 386 g/mol. The summed E-state index contributed by atoms with van der Waals surface area (Å²) in [4.78, 5) is 37.6. The van der Waals surface area contributed by atoms with E-state index >= 15 is 0 Å². The number of allylic oxidation sites excluding steroid dienone is 2. The number of ether oxygens (including phenoxy) is 2. The van der Waals surface area contributed by atoms with Crippen LogP contribution in [0.4, 0.5) is 0 Å². The number of methoxy groups -OCH3 is 1. The second-order valence-corrected chi connectivity index (χ2v) is 6.84. The van der Waals surface area contributed by atoms with Crippen LogP contribution in [0.15, 0.2) is 36.4 Å². The molecule has 2 aromatic rings. The Labute approximate surface area is 174 Å². The van der Waals surface area contributed by atoms with E-state index in [2.05, 4.69) is 0 Å². The Morgan fingerprint density at radius 1 is 1.07 bits per heavy atom. The Bertz CT molecular complexity index is 987. The van der Waals surface area contributed by atoms with Crippen LogP contribution < -0.4 is 4.74 Å². The molecule has 0 spiro atoms. The average Bonchev–Trinajstić information content (AvgIpc) is 2.79. The van der Waals surface area contributed by atoms with E-state index in [1.54, 1.807) is 42.2 Å². The lowest BCUT2D eigenvalue weighted by molar-refractivity contribution is -0.103. The number of amides is 1. The highest BCUT2D eigenvalue weighted by Crippen LogP contribution is 2.36. The first-order valence-corrected chi connectivity index (χ1v) is 9.50. The number of aromatic hydroxyl groups is 1. The summed E-state index contributed by atoms with van der Waals surface area (Å²) < 4.78 is 10.6. The third-order valence-electron chi connectivity index (χ3n) is 5.16. The Hall–Kier alpha value is -3.45. The lowest BCUT2D eigenvalue weighted by atomic mass is 9.94. The highest BCUT2D eigenvalue weighted by Gasteiger charge is 2.20. The number of rotatable bonds is 6. The molecule has 1 N–H and O–H groups in total. The zero-order chi connectivity index (χ0) is 21.7. The molecule has 1 aliphatic heterocycles. The number of phenols is 1. The maximum absolute atomic E-state index is 12.6. The maximum atomic E-state index is 12.6. The summed E-state index contributed by atoms with van der Waals surface area (Å²) in [6, 6.07) is 9.79. The van der Waals surface area contributed by atoms with Gasteiger partial charge in [0.2, 0.25) is 0 Å². The number of hydrogen-bond donors (Lipinski definition) is 1. The summed E-state index contributed by atoms with van der Waals surface area (Å²) in [5.74, 6) is -0.0768. The summed E-state index contributed by atoms with van der Waals surface area (Å²) in [6.45, 7) is 3.90. The molecule has 1 aliphatic rings. The van der Waals surface area contributed by atoms with Gasteiger partial charge >= 0.3 is 0 Å². The van der Waals surface area contributed by atoms with Gasteiger partial charge in [-0.3, -0.25) is 14.4 Å². The van der Waals surface area contributed by atoms with Gasteiger partial charge in [0.25, 0.3) is 5.91 Å². The second-order valence-electron chi connectivity index (χ2n) is 6.84. The highest BCUT2D eigenvalue weighted by atomic mass is 16.5. The molecule has 30 heavy (non-hydrogen) atoms. The molecule has 1 heterocycles. The van der Waals surface area contributed by atoms with E-state index in [0.29, 0.717) is 60.4 Å². The molecular formula is C23H23NO6. The van der Waals surface area contributed by atoms with Crippen LogP contribution in [-0.4, -0.2) is 61.9 Å². The van der Waals surface area contributed by atoms with Crippen LogP contribution in [0, 0.1) is 0 Å². The van der Waals surface area contributed by atoms with Crippen molar-refractivity contribution in [1.82, 2.24) is 4.90 Å². The van der Waals surface area contributed by atoms with Gasteiger partial charge in [0, 0.05) is 29.8 Å². The van der Waals surface area contributed by atoms with Gasteiger partial charge in [0.05, 0.1) is 25.9 Å². The van der Waals surface area contributed by atoms with Gasteiger partial charge in [0.1, 0.15) is 11.5 Å². The minimum Gasteiger partial charge on any atom is -0.507 e. The van der Waals surface area contributed by atoms with Crippen molar-refractivity contribution in [2.45, 2.75) is 6.92 Å². The van der Waals surface area contributed by atoms with Crippen molar-refractivity contribution >= 4 is 29.6 Å². The molecule has 0 aromatic heterocycles. The quantitative estimate of drug-likeness (QED) is 0.448.